The van der Waals surface area contributed by atoms with Gasteiger partial charge in [-0.1, -0.05) is 88.0 Å². The van der Waals surface area contributed by atoms with E-state index in [9.17, 15) is 9.59 Å². The number of hydrogen-bond donors (Lipinski definition) is 1. The van der Waals surface area contributed by atoms with Crippen LogP contribution >= 0.6 is 0 Å². The normalized spacial score (nSPS) is 12.2. The first-order valence-corrected chi connectivity index (χ1v) is 8.58. The molecule has 0 aliphatic carbocycles. The first-order valence-electron chi connectivity index (χ1n) is 8.58. The third kappa shape index (κ3) is 18.1. The standard InChI is InChI=1S/C20H30O3/c1-2-3-4-5-7-10-13-16-19(21)17-14-11-8-6-9-12-15-18-20(22)23/h6,8-9,11-12,14-15,18H,2-5,7,10,13,16-17H2,1H3,(H,22,23). The molecule has 128 valence electrons. The summed E-state index contributed by atoms with van der Waals surface area (Å²) in [7, 11) is 0. The van der Waals surface area contributed by atoms with Crippen LogP contribution in [0.1, 0.15) is 64.7 Å². The van der Waals surface area contributed by atoms with Crippen LogP contribution in [0.25, 0.3) is 0 Å². The molecule has 23 heavy (non-hydrogen) atoms. The molecule has 1 N–H and O–H groups in total. The van der Waals surface area contributed by atoms with Crippen molar-refractivity contribution in [2.75, 3.05) is 0 Å². The predicted molar refractivity (Wildman–Crippen MR) is 96.4 cm³/mol. The Morgan fingerprint density at radius 1 is 0.783 bits per heavy atom. The number of carbonyl (C=O) groups excluding carboxylic acids is 1. The van der Waals surface area contributed by atoms with E-state index in [-0.39, 0.29) is 0 Å². The number of allylic oxidation sites excluding steroid dienone is 7. The van der Waals surface area contributed by atoms with Crippen molar-refractivity contribution in [3.8, 4) is 0 Å². The van der Waals surface area contributed by atoms with Gasteiger partial charge < -0.3 is 5.11 Å². The molecule has 0 radical (unpaired) electrons. The fourth-order valence-corrected chi connectivity index (χ4v) is 2.05. The second-order valence-electron chi connectivity index (χ2n) is 5.51. The Balaban J connectivity index is 3.59. The maximum atomic E-state index is 11.7. The molecule has 0 saturated carbocycles. The summed E-state index contributed by atoms with van der Waals surface area (Å²) in [6.07, 6.45) is 23.0. The van der Waals surface area contributed by atoms with E-state index in [1.54, 1.807) is 18.2 Å². The van der Waals surface area contributed by atoms with E-state index in [1.165, 1.54) is 38.2 Å². The van der Waals surface area contributed by atoms with E-state index in [2.05, 4.69) is 6.92 Å². The molecular formula is C20H30O3. The van der Waals surface area contributed by atoms with Crippen molar-refractivity contribution in [2.45, 2.75) is 64.7 Å². The predicted octanol–water partition coefficient (Wildman–Crippen LogP) is 5.40. The summed E-state index contributed by atoms with van der Waals surface area (Å²) in [5, 5.41) is 8.38. The molecule has 0 atom stereocenters. The van der Waals surface area contributed by atoms with Crippen LogP contribution in [0, 0.1) is 0 Å². The molecule has 0 saturated heterocycles. The second kappa shape index (κ2) is 16.5. The van der Waals surface area contributed by atoms with Crippen molar-refractivity contribution in [2.24, 2.45) is 0 Å². The van der Waals surface area contributed by atoms with Crippen LogP contribution in [0.5, 0.6) is 0 Å². The Kier molecular flexibility index (Phi) is 15.1. The minimum Gasteiger partial charge on any atom is -0.478 e. The lowest BCUT2D eigenvalue weighted by Crippen LogP contribution is -1.95. The maximum Gasteiger partial charge on any atom is 0.328 e. The zero-order valence-electron chi connectivity index (χ0n) is 14.2. The summed E-state index contributed by atoms with van der Waals surface area (Å²) in [5.41, 5.74) is 0. The van der Waals surface area contributed by atoms with Crippen molar-refractivity contribution in [1.29, 1.82) is 0 Å². The monoisotopic (exact) mass is 318 g/mol. The molecule has 0 bridgehead atoms. The van der Waals surface area contributed by atoms with Crippen LogP contribution < -0.4 is 0 Å². The summed E-state index contributed by atoms with van der Waals surface area (Å²) >= 11 is 0. The number of hydrogen-bond acceptors (Lipinski definition) is 2. The zero-order valence-corrected chi connectivity index (χ0v) is 14.2. The maximum absolute atomic E-state index is 11.7. The molecule has 3 nitrogen and oxygen atoms in total. The highest BCUT2D eigenvalue weighted by Gasteiger charge is 1.98. The summed E-state index contributed by atoms with van der Waals surface area (Å²) in [6.45, 7) is 2.22. The summed E-state index contributed by atoms with van der Waals surface area (Å²) in [6, 6.07) is 0. The molecule has 0 aromatic carbocycles. The van der Waals surface area contributed by atoms with E-state index in [0.29, 0.717) is 18.6 Å². The molecule has 0 rings (SSSR count). The van der Waals surface area contributed by atoms with Crippen LogP contribution in [0.3, 0.4) is 0 Å². The van der Waals surface area contributed by atoms with E-state index in [4.69, 9.17) is 5.11 Å². The van der Waals surface area contributed by atoms with Crippen LogP contribution in [0.4, 0.5) is 0 Å². The average molecular weight is 318 g/mol. The number of rotatable bonds is 14. The number of carbonyl (C=O) groups is 2. The number of aliphatic carboxylic acids is 1. The van der Waals surface area contributed by atoms with E-state index < -0.39 is 5.97 Å². The molecule has 0 aliphatic rings. The van der Waals surface area contributed by atoms with Gasteiger partial charge in [-0.05, 0) is 6.42 Å². The number of unbranched alkanes of at least 4 members (excludes halogenated alkanes) is 6. The summed E-state index contributed by atoms with van der Waals surface area (Å²) in [5.74, 6) is -0.666. The van der Waals surface area contributed by atoms with Gasteiger partial charge in [-0.2, -0.15) is 0 Å². The molecule has 0 aromatic heterocycles. The third-order valence-electron chi connectivity index (χ3n) is 3.34. The highest BCUT2D eigenvalue weighted by Crippen LogP contribution is 2.09. The summed E-state index contributed by atoms with van der Waals surface area (Å²) < 4.78 is 0. The Labute approximate surface area is 140 Å². The van der Waals surface area contributed by atoms with Crippen molar-refractivity contribution in [3.63, 3.8) is 0 Å². The molecule has 0 unspecified atom stereocenters. The highest BCUT2D eigenvalue weighted by atomic mass is 16.4. The molecule has 0 spiro atoms. The van der Waals surface area contributed by atoms with Crippen molar-refractivity contribution in [3.05, 3.63) is 48.6 Å². The van der Waals surface area contributed by atoms with Gasteiger partial charge in [0, 0.05) is 18.9 Å². The fourth-order valence-electron chi connectivity index (χ4n) is 2.05. The minimum atomic E-state index is -0.960. The highest BCUT2D eigenvalue weighted by molar-refractivity contribution is 5.80. The van der Waals surface area contributed by atoms with E-state index in [1.807, 2.05) is 18.2 Å². The lowest BCUT2D eigenvalue weighted by atomic mass is 10.1. The largest absolute Gasteiger partial charge is 0.478 e. The van der Waals surface area contributed by atoms with Gasteiger partial charge in [0.2, 0.25) is 0 Å². The van der Waals surface area contributed by atoms with Gasteiger partial charge in [0.25, 0.3) is 0 Å². The third-order valence-corrected chi connectivity index (χ3v) is 3.34. The molecule has 3 heteroatoms. The quantitative estimate of drug-likeness (QED) is 0.265. The van der Waals surface area contributed by atoms with Gasteiger partial charge in [0.05, 0.1) is 0 Å². The Morgan fingerprint density at radius 3 is 2.00 bits per heavy atom. The zero-order chi connectivity index (χ0) is 17.2. The van der Waals surface area contributed by atoms with Gasteiger partial charge in [0.1, 0.15) is 5.78 Å². The van der Waals surface area contributed by atoms with Gasteiger partial charge >= 0.3 is 5.97 Å². The van der Waals surface area contributed by atoms with Gasteiger partial charge in [-0.25, -0.2) is 4.79 Å². The lowest BCUT2D eigenvalue weighted by Gasteiger charge is -2.00. The van der Waals surface area contributed by atoms with Crippen molar-refractivity contribution < 1.29 is 14.7 Å². The number of Topliss-reactive ketones (excluding diaryl/α,β-unsaturated/α-hetero) is 1. The average Bonchev–Trinajstić information content (AvgIpc) is 2.52. The molecule has 0 aliphatic heterocycles. The van der Waals surface area contributed by atoms with Gasteiger partial charge in [-0.15, -0.1) is 0 Å². The van der Waals surface area contributed by atoms with Gasteiger partial charge in [-0.3, -0.25) is 4.79 Å². The van der Waals surface area contributed by atoms with Gasteiger partial charge in [0.15, 0.2) is 0 Å². The first-order chi connectivity index (χ1) is 11.2. The van der Waals surface area contributed by atoms with Crippen LogP contribution in [-0.4, -0.2) is 16.9 Å². The second-order valence-corrected chi connectivity index (χ2v) is 5.51. The number of carboxylic acid groups (broad SMARTS) is 1. The Hall–Kier alpha value is -1.90. The molecule has 0 aromatic rings. The summed E-state index contributed by atoms with van der Waals surface area (Å²) in [4.78, 5) is 21.9. The van der Waals surface area contributed by atoms with E-state index in [0.717, 1.165) is 18.9 Å². The Bertz CT molecular complexity index is 428. The molecule has 0 fully saturated rings. The minimum absolute atomic E-state index is 0.295. The topological polar surface area (TPSA) is 54.4 Å². The lowest BCUT2D eigenvalue weighted by molar-refractivity contribution is -0.131. The Morgan fingerprint density at radius 2 is 1.35 bits per heavy atom. The smallest absolute Gasteiger partial charge is 0.328 e. The first kappa shape index (κ1) is 21.1. The van der Waals surface area contributed by atoms with Crippen LogP contribution in [-0.2, 0) is 9.59 Å². The van der Waals surface area contributed by atoms with Crippen LogP contribution in [0.2, 0.25) is 0 Å². The van der Waals surface area contributed by atoms with E-state index >= 15 is 0 Å². The molecular weight excluding hydrogens is 288 g/mol. The number of carboxylic acids is 1. The fraction of sp³-hybridized carbons (Fsp3) is 0.500. The SMILES string of the molecule is CCCCCCCCCC(=O)CC=CC=CC=CC=CC(=O)O. The van der Waals surface area contributed by atoms with Crippen molar-refractivity contribution >= 4 is 11.8 Å². The molecule has 0 heterocycles. The number of ketones is 1. The molecule has 0 amide bonds. The van der Waals surface area contributed by atoms with Crippen LogP contribution in [0.15, 0.2) is 48.6 Å². The van der Waals surface area contributed by atoms with Crippen molar-refractivity contribution in [1.82, 2.24) is 0 Å².